The van der Waals surface area contributed by atoms with Gasteiger partial charge in [-0.05, 0) is 120 Å². The largest absolute Gasteiger partial charge is 0.311 e. The molecule has 7 aromatic carbocycles. The summed E-state index contributed by atoms with van der Waals surface area (Å²) < 4.78 is 0. The van der Waals surface area contributed by atoms with E-state index in [0.29, 0.717) is 0 Å². The maximum absolute atomic E-state index is 4.62. The van der Waals surface area contributed by atoms with E-state index < -0.39 is 0 Å². The lowest BCUT2D eigenvalue weighted by atomic mass is 9.32. The van der Waals surface area contributed by atoms with Crippen LogP contribution in [0.25, 0.3) is 5.57 Å². The Labute approximate surface area is 319 Å². The molecular weight excluding hydrogens is 653 g/mol. The van der Waals surface area contributed by atoms with E-state index in [9.17, 15) is 0 Å². The normalized spacial score (nSPS) is 14.5. The average molecular weight is 694 g/mol. The van der Waals surface area contributed by atoms with Crippen molar-refractivity contribution in [2.24, 2.45) is 0 Å². The summed E-state index contributed by atoms with van der Waals surface area (Å²) in [4.78, 5) is 7.23. The van der Waals surface area contributed by atoms with Crippen molar-refractivity contribution in [1.29, 1.82) is 0 Å². The standard InChI is InChI=1S/C50H40BN3/c1-4-44-48(34-37(3)38-30-28-36(2)29-31-38)53(41-22-13-7-14-23-41)46-26-17-27-47-50(46)51(44)45-33-32-43(35-49(45)54(47)42-24-15-8-16-25-42)52(39-18-9-5-10-19-39)40-20-11-6-12-21-40/h4-35H,3H2,1-2H3/b44-4+,48-34?. The number of hydrogen-bond acceptors (Lipinski definition) is 3. The topological polar surface area (TPSA) is 9.72 Å². The van der Waals surface area contributed by atoms with Crippen molar-refractivity contribution in [2.75, 3.05) is 14.7 Å². The van der Waals surface area contributed by atoms with Crippen LogP contribution in [-0.4, -0.2) is 6.71 Å². The Morgan fingerprint density at radius 2 is 1.09 bits per heavy atom. The first-order valence-electron chi connectivity index (χ1n) is 18.6. The maximum Gasteiger partial charge on any atom is 0.251 e. The van der Waals surface area contributed by atoms with Crippen LogP contribution in [0, 0.1) is 6.92 Å². The summed E-state index contributed by atoms with van der Waals surface area (Å²) in [5, 5.41) is 0. The summed E-state index contributed by atoms with van der Waals surface area (Å²) in [7, 11) is 0. The van der Waals surface area contributed by atoms with Gasteiger partial charge in [0.15, 0.2) is 0 Å². The quantitative estimate of drug-likeness (QED) is 0.154. The average Bonchev–Trinajstić information content (AvgIpc) is 3.22. The van der Waals surface area contributed by atoms with Gasteiger partial charge in [-0.25, -0.2) is 0 Å². The molecule has 4 heteroatoms. The Bertz CT molecular complexity index is 2490. The highest BCUT2D eigenvalue weighted by atomic mass is 15.2. The molecule has 258 valence electrons. The van der Waals surface area contributed by atoms with Gasteiger partial charge >= 0.3 is 0 Å². The van der Waals surface area contributed by atoms with E-state index >= 15 is 0 Å². The molecule has 0 unspecified atom stereocenters. The fraction of sp³-hybridized carbons (Fsp3) is 0.0400. The predicted molar refractivity (Wildman–Crippen MR) is 231 cm³/mol. The second kappa shape index (κ2) is 14.0. The number of benzene rings is 7. The van der Waals surface area contributed by atoms with Crippen LogP contribution in [0.1, 0.15) is 18.1 Å². The summed E-state index contributed by atoms with van der Waals surface area (Å²) in [6.07, 6.45) is 4.59. The highest BCUT2D eigenvalue weighted by Crippen LogP contribution is 2.47. The molecule has 9 rings (SSSR count). The van der Waals surface area contributed by atoms with E-state index in [1.54, 1.807) is 0 Å². The van der Waals surface area contributed by atoms with Crippen LogP contribution in [0.4, 0.5) is 45.5 Å². The molecule has 0 aromatic heterocycles. The molecule has 2 aliphatic heterocycles. The molecule has 2 heterocycles. The minimum atomic E-state index is -0.0101. The lowest BCUT2D eigenvalue weighted by molar-refractivity contribution is 1.17. The molecule has 2 aliphatic rings. The van der Waals surface area contributed by atoms with Crippen LogP contribution in [0.15, 0.2) is 212 Å². The van der Waals surface area contributed by atoms with Crippen LogP contribution in [-0.2, 0) is 0 Å². The highest BCUT2D eigenvalue weighted by molar-refractivity contribution is 6.96. The molecule has 0 fully saturated rings. The number of aryl methyl sites for hydroxylation is 1. The minimum absolute atomic E-state index is 0.0101. The minimum Gasteiger partial charge on any atom is -0.311 e. The number of hydrogen-bond donors (Lipinski definition) is 0. The molecule has 0 N–H and O–H groups in total. The molecular formula is C50H40BN3. The number of anilines is 8. The Balaban J connectivity index is 1.31. The predicted octanol–water partition coefficient (Wildman–Crippen LogP) is 12.1. The van der Waals surface area contributed by atoms with Gasteiger partial charge in [0.25, 0.3) is 6.71 Å². The van der Waals surface area contributed by atoms with Crippen LogP contribution < -0.4 is 25.6 Å². The van der Waals surface area contributed by atoms with Gasteiger partial charge in [0.05, 0.1) is 0 Å². The molecule has 0 amide bonds. The van der Waals surface area contributed by atoms with Gasteiger partial charge in [-0.1, -0.05) is 127 Å². The van der Waals surface area contributed by atoms with Gasteiger partial charge < -0.3 is 14.7 Å². The molecule has 54 heavy (non-hydrogen) atoms. The summed E-state index contributed by atoms with van der Waals surface area (Å²) in [5.74, 6) is 0. The van der Waals surface area contributed by atoms with E-state index in [-0.39, 0.29) is 6.71 Å². The Morgan fingerprint density at radius 1 is 0.556 bits per heavy atom. The molecule has 3 nitrogen and oxygen atoms in total. The van der Waals surface area contributed by atoms with Gasteiger partial charge in [0.1, 0.15) is 0 Å². The summed E-state index contributed by atoms with van der Waals surface area (Å²) in [6.45, 7) is 8.92. The first-order valence-corrected chi connectivity index (χ1v) is 18.6. The van der Waals surface area contributed by atoms with Crippen molar-refractivity contribution >= 4 is 68.7 Å². The summed E-state index contributed by atoms with van der Waals surface area (Å²) in [6, 6.07) is 65.3. The fourth-order valence-corrected chi connectivity index (χ4v) is 8.14. The Hall–Kier alpha value is -6.78. The van der Waals surface area contributed by atoms with Crippen LogP contribution >= 0.6 is 0 Å². The number of para-hydroxylation sites is 4. The van der Waals surface area contributed by atoms with E-state index in [0.717, 1.165) is 51.0 Å². The third kappa shape index (κ3) is 5.73. The second-order valence-electron chi connectivity index (χ2n) is 13.9. The van der Waals surface area contributed by atoms with Crippen LogP contribution in [0.2, 0.25) is 0 Å². The van der Waals surface area contributed by atoms with Gasteiger partial charge in [0.2, 0.25) is 0 Å². The van der Waals surface area contributed by atoms with Crippen molar-refractivity contribution in [2.45, 2.75) is 13.8 Å². The molecule has 0 spiro atoms. The van der Waals surface area contributed by atoms with E-state index in [1.165, 1.54) is 33.3 Å². The first-order chi connectivity index (χ1) is 26.6. The summed E-state index contributed by atoms with van der Waals surface area (Å²) >= 11 is 0. The van der Waals surface area contributed by atoms with Gasteiger partial charge in [-0.2, -0.15) is 0 Å². The number of fused-ring (bicyclic) bond motifs is 2. The Morgan fingerprint density at radius 3 is 1.67 bits per heavy atom. The number of nitrogens with zero attached hydrogens (tertiary/aromatic N) is 3. The molecule has 0 saturated heterocycles. The Kier molecular flexibility index (Phi) is 8.57. The van der Waals surface area contributed by atoms with Crippen molar-refractivity contribution in [3.05, 3.63) is 223 Å². The van der Waals surface area contributed by atoms with E-state index in [4.69, 9.17) is 0 Å². The molecule has 0 aliphatic carbocycles. The van der Waals surface area contributed by atoms with Crippen molar-refractivity contribution in [3.8, 4) is 0 Å². The second-order valence-corrected chi connectivity index (χ2v) is 13.9. The molecule has 0 bridgehead atoms. The SMILES string of the molecule is C=C(C=C1/C(=C\C)B2c3ccc(N(c4ccccc4)c4ccccc4)cc3N(c3ccccc3)c3cccc(c32)N1c1ccccc1)c1ccc(C)cc1. The maximum atomic E-state index is 4.62. The van der Waals surface area contributed by atoms with Gasteiger partial charge in [-0.15, -0.1) is 0 Å². The van der Waals surface area contributed by atoms with E-state index in [2.05, 4.69) is 229 Å². The molecule has 0 radical (unpaired) electrons. The van der Waals surface area contributed by atoms with Gasteiger partial charge in [0, 0.05) is 51.2 Å². The summed E-state index contributed by atoms with van der Waals surface area (Å²) in [5.41, 5.74) is 17.3. The zero-order valence-electron chi connectivity index (χ0n) is 30.6. The molecule has 7 aromatic rings. The molecule has 0 atom stereocenters. The van der Waals surface area contributed by atoms with Crippen molar-refractivity contribution in [3.63, 3.8) is 0 Å². The zero-order chi connectivity index (χ0) is 36.6. The highest BCUT2D eigenvalue weighted by Gasteiger charge is 2.44. The van der Waals surface area contributed by atoms with Gasteiger partial charge in [-0.3, -0.25) is 0 Å². The van der Waals surface area contributed by atoms with Crippen LogP contribution in [0.3, 0.4) is 0 Å². The van der Waals surface area contributed by atoms with E-state index in [1.807, 2.05) is 0 Å². The van der Waals surface area contributed by atoms with Crippen LogP contribution in [0.5, 0.6) is 0 Å². The van der Waals surface area contributed by atoms with Crippen molar-refractivity contribution < 1.29 is 0 Å². The zero-order valence-corrected chi connectivity index (χ0v) is 30.6. The third-order valence-electron chi connectivity index (χ3n) is 10.6. The fourth-order valence-electron chi connectivity index (χ4n) is 8.14. The molecule has 0 saturated carbocycles. The number of rotatable bonds is 7. The lowest BCUT2D eigenvalue weighted by Gasteiger charge is -2.45. The monoisotopic (exact) mass is 693 g/mol. The number of allylic oxidation sites excluding steroid dienone is 4. The lowest BCUT2D eigenvalue weighted by Crippen LogP contribution is -2.56. The third-order valence-corrected chi connectivity index (χ3v) is 10.6. The van der Waals surface area contributed by atoms with Crippen molar-refractivity contribution in [1.82, 2.24) is 0 Å². The smallest absolute Gasteiger partial charge is 0.251 e. The first kappa shape index (κ1) is 33.1.